The van der Waals surface area contributed by atoms with E-state index in [4.69, 9.17) is 5.73 Å². The zero-order valence-corrected chi connectivity index (χ0v) is 9.38. The van der Waals surface area contributed by atoms with Crippen LogP contribution in [0.3, 0.4) is 0 Å². The Morgan fingerprint density at radius 2 is 1.92 bits per heavy atom. The second-order valence-corrected chi connectivity index (χ2v) is 4.99. The number of likely N-dealkylation sites (N-methyl/N-ethyl adjacent to an activating group) is 1. The minimum atomic E-state index is 0.286. The highest BCUT2D eigenvalue weighted by molar-refractivity contribution is 4.87. The number of piperazine rings is 1. The maximum Gasteiger partial charge on any atom is 0.0343 e. The quantitative estimate of drug-likeness (QED) is 0.640. The van der Waals surface area contributed by atoms with Crippen molar-refractivity contribution in [1.29, 1.82) is 0 Å². The SMILES string of the molecule is CN1CCN(C(C)(C)C)CC1CN. The molecule has 0 bridgehead atoms. The van der Waals surface area contributed by atoms with Gasteiger partial charge in [-0.2, -0.15) is 0 Å². The summed E-state index contributed by atoms with van der Waals surface area (Å²) in [5.74, 6) is 0. The van der Waals surface area contributed by atoms with Gasteiger partial charge in [-0.3, -0.25) is 9.80 Å². The van der Waals surface area contributed by atoms with Crippen LogP contribution in [0.4, 0.5) is 0 Å². The van der Waals surface area contributed by atoms with Crippen molar-refractivity contribution in [2.24, 2.45) is 5.73 Å². The Balaban J connectivity index is 2.55. The van der Waals surface area contributed by atoms with Gasteiger partial charge < -0.3 is 5.73 Å². The van der Waals surface area contributed by atoms with Crippen molar-refractivity contribution < 1.29 is 0 Å². The third-order valence-electron chi connectivity index (χ3n) is 3.00. The van der Waals surface area contributed by atoms with Gasteiger partial charge in [-0.25, -0.2) is 0 Å². The van der Waals surface area contributed by atoms with Gasteiger partial charge in [0.05, 0.1) is 0 Å². The fourth-order valence-electron chi connectivity index (χ4n) is 1.81. The van der Waals surface area contributed by atoms with Crippen LogP contribution in [-0.4, -0.2) is 54.6 Å². The van der Waals surface area contributed by atoms with Crippen LogP contribution in [0.2, 0.25) is 0 Å². The Morgan fingerprint density at radius 1 is 1.31 bits per heavy atom. The van der Waals surface area contributed by atoms with E-state index < -0.39 is 0 Å². The van der Waals surface area contributed by atoms with Crippen molar-refractivity contribution >= 4 is 0 Å². The lowest BCUT2D eigenvalue weighted by Gasteiger charge is -2.45. The molecule has 1 saturated heterocycles. The smallest absolute Gasteiger partial charge is 0.0343 e. The van der Waals surface area contributed by atoms with Crippen molar-refractivity contribution in [3.8, 4) is 0 Å². The van der Waals surface area contributed by atoms with Gasteiger partial charge >= 0.3 is 0 Å². The molecule has 0 saturated carbocycles. The van der Waals surface area contributed by atoms with Gasteiger partial charge in [0.1, 0.15) is 0 Å². The van der Waals surface area contributed by atoms with Crippen molar-refractivity contribution in [2.45, 2.75) is 32.4 Å². The van der Waals surface area contributed by atoms with E-state index in [1.54, 1.807) is 0 Å². The van der Waals surface area contributed by atoms with Crippen LogP contribution in [0.1, 0.15) is 20.8 Å². The van der Waals surface area contributed by atoms with E-state index in [1.807, 2.05) is 0 Å². The molecular formula is C10H23N3. The zero-order chi connectivity index (χ0) is 10.1. The number of nitrogens with zero attached hydrogens (tertiary/aromatic N) is 2. The first-order valence-corrected chi connectivity index (χ1v) is 5.10. The molecule has 1 atom stereocenters. The van der Waals surface area contributed by atoms with Gasteiger partial charge in [0.25, 0.3) is 0 Å². The normalized spacial score (nSPS) is 27.9. The number of hydrogen-bond donors (Lipinski definition) is 1. The topological polar surface area (TPSA) is 32.5 Å². The van der Waals surface area contributed by atoms with Crippen LogP contribution in [0, 0.1) is 0 Å². The summed E-state index contributed by atoms with van der Waals surface area (Å²) in [6.45, 7) is 11.0. The number of rotatable bonds is 1. The Morgan fingerprint density at radius 3 is 2.38 bits per heavy atom. The van der Waals surface area contributed by atoms with Gasteiger partial charge in [0, 0.05) is 37.8 Å². The molecule has 1 unspecified atom stereocenters. The highest BCUT2D eigenvalue weighted by Gasteiger charge is 2.29. The first kappa shape index (κ1) is 11.0. The molecule has 0 aromatic carbocycles. The molecule has 13 heavy (non-hydrogen) atoms. The van der Waals surface area contributed by atoms with Crippen LogP contribution < -0.4 is 5.73 Å². The molecule has 0 amide bonds. The molecule has 1 aliphatic heterocycles. The maximum atomic E-state index is 5.73. The van der Waals surface area contributed by atoms with Gasteiger partial charge in [-0.15, -0.1) is 0 Å². The Kier molecular flexibility index (Phi) is 3.33. The van der Waals surface area contributed by atoms with Gasteiger partial charge in [0.15, 0.2) is 0 Å². The number of nitrogens with two attached hydrogens (primary N) is 1. The van der Waals surface area contributed by atoms with Crippen molar-refractivity contribution in [1.82, 2.24) is 9.80 Å². The van der Waals surface area contributed by atoms with Crippen LogP contribution in [-0.2, 0) is 0 Å². The zero-order valence-electron chi connectivity index (χ0n) is 9.38. The lowest BCUT2D eigenvalue weighted by atomic mass is 10.0. The van der Waals surface area contributed by atoms with E-state index in [1.165, 1.54) is 0 Å². The van der Waals surface area contributed by atoms with Crippen LogP contribution in [0.15, 0.2) is 0 Å². The van der Waals surface area contributed by atoms with Gasteiger partial charge in [-0.05, 0) is 27.8 Å². The Hall–Kier alpha value is -0.120. The monoisotopic (exact) mass is 185 g/mol. The van der Waals surface area contributed by atoms with E-state index in [-0.39, 0.29) is 5.54 Å². The van der Waals surface area contributed by atoms with Crippen LogP contribution in [0.25, 0.3) is 0 Å². The largest absolute Gasteiger partial charge is 0.329 e. The summed E-state index contributed by atoms with van der Waals surface area (Å²) < 4.78 is 0. The molecule has 78 valence electrons. The number of hydrogen-bond acceptors (Lipinski definition) is 3. The predicted molar refractivity (Wildman–Crippen MR) is 56.8 cm³/mol. The van der Waals surface area contributed by atoms with Gasteiger partial charge in [-0.1, -0.05) is 0 Å². The molecular weight excluding hydrogens is 162 g/mol. The van der Waals surface area contributed by atoms with E-state index in [9.17, 15) is 0 Å². The molecule has 3 nitrogen and oxygen atoms in total. The van der Waals surface area contributed by atoms with Gasteiger partial charge in [0.2, 0.25) is 0 Å². The predicted octanol–water partition coefficient (Wildman–Crippen LogP) is 0.360. The van der Waals surface area contributed by atoms with Crippen molar-refractivity contribution in [3.63, 3.8) is 0 Å². The molecule has 0 radical (unpaired) electrons. The second-order valence-electron chi connectivity index (χ2n) is 4.99. The lowest BCUT2D eigenvalue weighted by molar-refractivity contribution is 0.0381. The second kappa shape index (κ2) is 3.95. The summed E-state index contributed by atoms with van der Waals surface area (Å²) in [4.78, 5) is 4.88. The first-order valence-electron chi connectivity index (χ1n) is 5.10. The summed E-state index contributed by atoms with van der Waals surface area (Å²) in [7, 11) is 2.16. The third kappa shape index (κ3) is 2.66. The molecule has 1 heterocycles. The molecule has 1 rings (SSSR count). The molecule has 0 spiro atoms. The summed E-state index contributed by atoms with van der Waals surface area (Å²) in [6, 6.07) is 0.535. The molecule has 0 aliphatic carbocycles. The highest BCUT2D eigenvalue weighted by atomic mass is 15.3. The maximum absolute atomic E-state index is 5.73. The van der Waals surface area contributed by atoms with Crippen molar-refractivity contribution in [3.05, 3.63) is 0 Å². The molecule has 0 aromatic rings. The molecule has 1 fully saturated rings. The van der Waals surface area contributed by atoms with Crippen molar-refractivity contribution in [2.75, 3.05) is 33.2 Å². The molecule has 0 aromatic heterocycles. The fourth-order valence-corrected chi connectivity index (χ4v) is 1.81. The van der Waals surface area contributed by atoms with E-state index in [0.29, 0.717) is 6.04 Å². The minimum Gasteiger partial charge on any atom is -0.329 e. The average Bonchev–Trinajstić information content (AvgIpc) is 2.03. The minimum absolute atomic E-state index is 0.286. The summed E-state index contributed by atoms with van der Waals surface area (Å²) in [6.07, 6.45) is 0. The summed E-state index contributed by atoms with van der Waals surface area (Å²) in [5.41, 5.74) is 6.02. The molecule has 3 heteroatoms. The van der Waals surface area contributed by atoms with Crippen LogP contribution >= 0.6 is 0 Å². The van der Waals surface area contributed by atoms with E-state index >= 15 is 0 Å². The molecule has 1 aliphatic rings. The average molecular weight is 185 g/mol. The van der Waals surface area contributed by atoms with E-state index in [2.05, 4.69) is 37.6 Å². The fraction of sp³-hybridized carbons (Fsp3) is 1.00. The first-order chi connectivity index (χ1) is 5.95. The van der Waals surface area contributed by atoms with E-state index in [0.717, 1.165) is 26.2 Å². The standard InChI is InChI=1S/C10H23N3/c1-10(2,3)13-6-5-12(4)9(7-11)8-13/h9H,5-8,11H2,1-4H3. The Bertz CT molecular complexity index is 162. The molecule has 2 N–H and O–H groups in total. The summed E-state index contributed by atoms with van der Waals surface area (Å²) >= 11 is 0. The highest BCUT2D eigenvalue weighted by Crippen LogP contribution is 2.17. The summed E-state index contributed by atoms with van der Waals surface area (Å²) in [5, 5.41) is 0. The van der Waals surface area contributed by atoms with Crippen LogP contribution in [0.5, 0.6) is 0 Å². The Labute approximate surface area is 81.9 Å². The lowest BCUT2D eigenvalue weighted by Crippen LogP contribution is -2.58. The third-order valence-corrected chi connectivity index (χ3v) is 3.00.